The molecule has 134 valence electrons. The number of ether oxygens (including phenoxy) is 1. The van der Waals surface area contributed by atoms with Gasteiger partial charge in [0.25, 0.3) is 0 Å². The monoisotopic (exact) mass is 350 g/mol. The molecule has 0 saturated carbocycles. The number of hydrogen-bond donors (Lipinski definition) is 1. The normalized spacial score (nSPS) is 13.8. The zero-order valence-electron chi connectivity index (χ0n) is 14.8. The zero-order valence-corrected chi connectivity index (χ0v) is 14.8. The van der Waals surface area contributed by atoms with E-state index in [4.69, 9.17) is 10.00 Å². The summed E-state index contributed by atoms with van der Waals surface area (Å²) in [4.78, 5) is 16.2. The molecule has 1 aliphatic rings. The largest absolute Gasteiger partial charge is 0.497 e. The minimum atomic E-state index is -0.284. The van der Waals surface area contributed by atoms with Crippen LogP contribution in [-0.4, -0.2) is 39.2 Å². The number of nitrogens with one attached hydrogen (secondary N) is 1. The first-order valence-electron chi connectivity index (χ1n) is 8.60. The lowest BCUT2D eigenvalue weighted by molar-refractivity contribution is -0.115. The Kier molecular flexibility index (Phi) is 5.59. The Morgan fingerprint density at radius 2 is 1.50 bits per heavy atom. The van der Waals surface area contributed by atoms with Gasteiger partial charge in [-0.3, -0.25) is 4.79 Å². The second kappa shape index (κ2) is 8.26. The molecule has 1 heterocycles. The highest BCUT2D eigenvalue weighted by atomic mass is 16.5. The summed E-state index contributed by atoms with van der Waals surface area (Å²) in [6.45, 7) is 3.78. The predicted octanol–water partition coefficient (Wildman–Crippen LogP) is 2.87. The fourth-order valence-electron chi connectivity index (χ4n) is 3.05. The van der Waals surface area contributed by atoms with Crippen LogP contribution in [0.25, 0.3) is 0 Å². The molecule has 3 rings (SSSR count). The van der Waals surface area contributed by atoms with E-state index in [0.29, 0.717) is 5.69 Å². The van der Waals surface area contributed by atoms with Crippen LogP contribution >= 0.6 is 0 Å². The van der Waals surface area contributed by atoms with Gasteiger partial charge in [0.2, 0.25) is 5.91 Å². The number of nitrogens with zero attached hydrogens (tertiary/aromatic N) is 3. The summed E-state index contributed by atoms with van der Waals surface area (Å²) in [7, 11) is 1.67. The molecule has 0 aromatic heterocycles. The average molecular weight is 350 g/mol. The van der Waals surface area contributed by atoms with Gasteiger partial charge in [0.1, 0.15) is 12.2 Å². The molecule has 0 unspecified atom stereocenters. The zero-order chi connectivity index (χ0) is 18.4. The van der Waals surface area contributed by atoms with Gasteiger partial charge in [-0.25, -0.2) is 0 Å². The molecule has 1 aliphatic heterocycles. The highest BCUT2D eigenvalue weighted by Gasteiger charge is 2.17. The summed E-state index contributed by atoms with van der Waals surface area (Å²) in [6.07, 6.45) is -0.130. The fourth-order valence-corrected chi connectivity index (χ4v) is 3.05. The number of amides is 1. The number of benzene rings is 2. The first-order valence-corrected chi connectivity index (χ1v) is 8.60. The van der Waals surface area contributed by atoms with Crippen molar-refractivity contribution < 1.29 is 9.53 Å². The molecule has 0 radical (unpaired) electrons. The summed E-state index contributed by atoms with van der Waals surface area (Å²) in [5, 5.41) is 11.2. The molecule has 1 saturated heterocycles. The fraction of sp³-hybridized carbons (Fsp3) is 0.300. The molecule has 0 aliphatic carbocycles. The average Bonchev–Trinajstić information content (AvgIpc) is 2.69. The number of hydrogen-bond acceptors (Lipinski definition) is 5. The molecule has 1 amide bonds. The van der Waals surface area contributed by atoms with Crippen LogP contribution in [0.15, 0.2) is 48.5 Å². The van der Waals surface area contributed by atoms with E-state index in [1.165, 1.54) is 5.69 Å². The quantitative estimate of drug-likeness (QED) is 0.898. The van der Waals surface area contributed by atoms with Crippen molar-refractivity contribution in [3.05, 3.63) is 48.5 Å². The van der Waals surface area contributed by atoms with E-state index in [9.17, 15) is 4.79 Å². The molecule has 1 fully saturated rings. The van der Waals surface area contributed by atoms with Crippen LogP contribution in [0.3, 0.4) is 0 Å². The van der Waals surface area contributed by atoms with Crippen molar-refractivity contribution in [2.45, 2.75) is 6.42 Å². The van der Waals surface area contributed by atoms with Crippen LogP contribution in [0.4, 0.5) is 17.1 Å². The molecule has 2 aromatic rings. The van der Waals surface area contributed by atoms with Crippen LogP contribution < -0.4 is 19.9 Å². The Hall–Kier alpha value is -3.20. The number of nitriles is 1. The Labute approximate surface area is 153 Å². The van der Waals surface area contributed by atoms with Crippen LogP contribution in [0.1, 0.15) is 6.42 Å². The highest BCUT2D eigenvalue weighted by Crippen LogP contribution is 2.23. The molecule has 6 nitrogen and oxygen atoms in total. The van der Waals surface area contributed by atoms with Gasteiger partial charge in [-0.15, -0.1) is 0 Å². The SMILES string of the molecule is COc1ccc(N2CCN(c3ccc(NC(=O)CC#N)cc3)CC2)cc1. The van der Waals surface area contributed by atoms with Gasteiger partial charge >= 0.3 is 0 Å². The third-order valence-electron chi connectivity index (χ3n) is 4.47. The minimum absolute atomic E-state index is 0.130. The number of carbonyl (C=O) groups is 1. The van der Waals surface area contributed by atoms with Gasteiger partial charge < -0.3 is 19.9 Å². The maximum Gasteiger partial charge on any atom is 0.238 e. The molecule has 2 aromatic carbocycles. The second-order valence-electron chi connectivity index (χ2n) is 6.10. The summed E-state index contributed by atoms with van der Waals surface area (Å²) >= 11 is 0. The molecule has 6 heteroatoms. The lowest BCUT2D eigenvalue weighted by atomic mass is 10.2. The maximum atomic E-state index is 11.5. The minimum Gasteiger partial charge on any atom is -0.497 e. The standard InChI is InChI=1S/C20H22N4O2/c1-26-19-8-6-18(7-9-19)24-14-12-23(13-15-24)17-4-2-16(3-5-17)22-20(25)10-11-21/h2-9H,10,12-15H2,1H3,(H,22,25). The number of methoxy groups -OCH3 is 1. The Morgan fingerprint density at radius 3 is 1.96 bits per heavy atom. The van der Waals surface area contributed by atoms with Crippen LogP contribution in [0, 0.1) is 11.3 Å². The summed E-state index contributed by atoms with van der Waals surface area (Å²) in [5.74, 6) is 0.586. The van der Waals surface area contributed by atoms with Crippen LogP contribution in [0.5, 0.6) is 5.75 Å². The smallest absolute Gasteiger partial charge is 0.238 e. The topological polar surface area (TPSA) is 68.6 Å². The molecular weight excluding hydrogens is 328 g/mol. The third kappa shape index (κ3) is 4.25. The lowest BCUT2D eigenvalue weighted by Crippen LogP contribution is -2.46. The summed E-state index contributed by atoms with van der Waals surface area (Å²) in [5.41, 5.74) is 3.06. The Balaban J connectivity index is 1.55. The van der Waals surface area contributed by atoms with Crippen molar-refractivity contribution in [1.82, 2.24) is 0 Å². The molecule has 26 heavy (non-hydrogen) atoms. The van der Waals surface area contributed by atoms with E-state index in [0.717, 1.165) is 37.6 Å². The van der Waals surface area contributed by atoms with E-state index in [1.54, 1.807) is 7.11 Å². The molecule has 0 atom stereocenters. The molecular formula is C20H22N4O2. The van der Waals surface area contributed by atoms with Gasteiger partial charge in [0.05, 0.1) is 13.2 Å². The van der Waals surface area contributed by atoms with E-state index >= 15 is 0 Å². The van der Waals surface area contributed by atoms with Crippen LogP contribution in [0.2, 0.25) is 0 Å². The van der Waals surface area contributed by atoms with Gasteiger partial charge in [0, 0.05) is 43.2 Å². The second-order valence-corrected chi connectivity index (χ2v) is 6.10. The summed E-state index contributed by atoms with van der Waals surface area (Å²) < 4.78 is 5.21. The van der Waals surface area contributed by atoms with Crippen LogP contribution in [-0.2, 0) is 4.79 Å². The molecule has 1 N–H and O–H groups in total. The van der Waals surface area contributed by atoms with Gasteiger partial charge in [-0.1, -0.05) is 0 Å². The van der Waals surface area contributed by atoms with E-state index in [-0.39, 0.29) is 12.3 Å². The van der Waals surface area contributed by atoms with Gasteiger partial charge in [-0.2, -0.15) is 5.26 Å². The summed E-state index contributed by atoms with van der Waals surface area (Å²) in [6, 6.07) is 17.8. The number of anilines is 3. The third-order valence-corrected chi connectivity index (χ3v) is 4.47. The number of rotatable bonds is 5. The van der Waals surface area contributed by atoms with Gasteiger partial charge in [0.15, 0.2) is 0 Å². The van der Waals surface area contributed by atoms with E-state index < -0.39 is 0 Å². The highest BCUT2D eigenvalue weighted by molar-refractivity contribution is 5.92. The van der Waals surface area contributed by atoms with Crippen molar-refractivity contribution in [2.24, 2.45) is 0 Å². The number of piperazine rings is 1. The molecule has 0 spiro atoms. The predicted molar refractivity (Wildman–Crippen MR) is 103 cm³/mol. The Bertz CT molecular complexity index is 773. The number of carbonyl (C=O) groups excluding carboxylic acids is 1. The van der Waals surface area contributed by atoms with Crippen molar-refractivity contribution in [2.75, 3.05) is 48.4 Å². The first kappa shape index (κ1) is 17.6. The first-order chi connectivity index (χ1) is 12.7. The Morgan fingerprint density at radius 1 is 1.00 bits per heavy atom. The van der Waals surface area contributed by atoms with Crippen molar-refractivity contribution in [3.8, 4) is 11.8 Å². The van der Waals surface area contributed by atoms with E-state index in [1.807, 2.05) is 42.5 Å². The van der Waals surface area contributed by atoms with Gasteiger partial charge in [-0.05, 0) is 48.5 Å². The van der Waals surface area contributed by atoms with Crippen molar-refractivity contribution in [3.63, 3.8) is 0 Å². The lowest BCUT2D eigenvalue weighted by Gasteiger charge is -2.37. The van der Waals surface area contributed by atoms with E-state index in [2.05, 4.69) is 27.2 Å². The molecule has 0 bridgehead atoms. The van der Waals surface area contributed by atoms with Crippen molar-refractivity contribution >= 4 is 23.0 Å². The van der Waals surface area contributed by atoms with Crippen molar-refractivity contribution in [1.29, 1.82) is 5.26 Å². The maximum absolute atomic E-state index is 11.5.